The molecule has 0 fully saturated rings. The van der Waals surface area contributed by atoms with E-state index >= 15 is 0 Å². The topological polar surface area (TPSA) is 47.9 Å². The second-order valence-electron chi connectivity index (χ2n) is 7.30. The molecule has 0 aromatic heterocycles. The summed E-state index contributed by atoms with van der Waals surface area (Å²) in [6.45, 7) is 3.21. The lowest BCUT2D eigenvalue weighted by Gasteiger charge is -2.53. The van der Waals surface area contributed by atoms with E-state index in [0.29, 0.717) is 19.3 Å². The Labute approximate surface area is 144 Å². The molecular formula is C20H28O4. The zero-order valence-corrected chi connectivity index (χ0v) is 14.9. The molecule has 1 aromatic rings. The number of benzene rings is 1. The molecule has 3 atom stereocenters. The lowest BCUT2D eigenvalue weighted by molar-refractivity contribution is -0.0768. The van der Waals surface area contributed by atoms with Crippen molar-refractivity contribution in [3.05, 3.63) is 41.5 Å². The number of methoxy groups -OCH3 is 2. The average Bonchev–Trinajstić information content (AvgIpc) is 2.61. The lowest BCUT2D eigenvalue weighted by atomic mass is 9.51. The van der Waals surface area contributed by atoms with E-state index in [1.54, 1.807) is 14.2 Å². The van der Waals surface area contributed by atoms with Gasteiger partial charge in [-0.15, -0.1) is 0 Å². The molecular weight excluding hydrogens is 304 g/mol. The van der Waals surface area contributed by atoms with E-state index in [2.05, 4.69) is 31.2 Å². The van der Waals surface area contributed by atoms with E-state index in [1.807, 2.05) is 6.07 Å². The Morgan fingerprint density at radius 2 is 2.12 bits per heavy atom. The molecule has 0 heterocycles. The summed E-state index contributed by atoms with van der Waals surface area (Å²) in [6.07, 6.45) is 7.38. The molecule has 2 aliphatic rings. The van der Waals surface area contributed by atoms with Crippen molar-refractivity contribution in [2.24, 2.45) is 11.3 Å². The van der Waals surface area contributed by atoms with Crippen LogP contribution in [-0.2, 0) is 21.3 Å². The van der Waals surface area contributed by atoms with Gasteiger partial charge in [-0.25, -0.2) is 0 Å². The van der Waals surface area contributed by atoms with Gasteiger partial charge in [0.1, 0.15) is 12.5 Å². The summed E-state index contributed by atoms with van der Waals surface area (Å²) < 4.78 is 16.4. The molecule has 1 aromatic carbocycles. The molecule has 1 N–H and O–H groups in total. The van der Waals surface area contributed by atoms with Gasteiger partial charge in [0.25, 0.3) is 0 Å². The Bertz CT molecular complexity index is 612. The van der Waals surface area contributed by atoms with Crippen LogP contribution in [0, 0.1) is 11.3 Å². The van der Waals surface area contributed by atoms with Gasteiger partial charge in [0.05, 0.1) is 20.3 Å². The van der Waals surface area contributed by atoms with Crippen molar-refractivity contribution in [3.8, 4) is 5.75 Å². The van der Waals surface area contributed by atoms with Crippen molar-refractivity contribution in [1.29, 1.82) is 0 Å². The summed E-state index contributed by atoms with van der Waals surface area (Å²) in [5, 5.41) is 10.1. The van der Waals surface area contributed by atoms with Gasteiger partial charge in [-0.05, 0) is 48.4 Å². The highest BCUT2D eigenvalue weighted by atomic mass is 16.7. The normalized spacial score (nSPS) is 31.4. The van der Waals surface area contributed by atoms with E-state index < -0.39 is 0 Å². The minimum absolute atomic E-state index is 0.120. The molecule has 24 heavy (non-hydrogen) atoms. The van der Waals surface area contributed by atoms with Gasteiger partial charge in [0.15, 0.2) is 0 Å². The zero-order chi connectivity index (χ0) is 17.2. The molecule has 0 saturated carbocycles. The third-order valence-electron chi connectivity index (χ3n) is 5.90. The Morgan fingerprint density at radius 3 is 2.83 bits per heavy atom. The molecule has 0 unspecified atom stereocenters. The Morgan fingerprint density at radius 1 is 1.29 bits per heavy atom. The predicted octanol–water partition coefficient (Wildman–Crippen LogP) is 3.07. The highest BCUT2D eigenvalue weighted by Gasteiger charge is 2.52. The minimum Gasteiger partial charge on any atom is -0.497 e. The van der Waals surface area contributed by atoms with Crippen LogP contribution in [0.2, 0.25) is 0 Å². The zero-order valence-electron chi connectivity index (χ0n) is 14.9. The van der Waals surface area contributed by atoms with Crippen LogP contribution in [0.4, 0.5) is 0 Å². The molecule has 0 radical (unpaired) electrons. The van der Waals surface area contributed by atoms with Crippen molar-refractivity contribution in [2.75, 3.05) is 34.2 Å². The van der Waals surface area contributed by atoms with Gasteiger partial charge < -0.3 is 19.3 Å². The van der Waals surface area contributed by atoms with E-state index in [-0.39, 0.29) is 17.4 Å². The fraction of sp³-hybridized carbons (Fsp3) is 0.600. The first-order chi connectivity index (χ1) is 11.6. The third-order valence-corrected chi connectivity index (χ3v) is 5.90. The van der Waals surface area contributed by atoms with Crippen LogP contribution < -0.4 is 4.74 Å². The number of hydrogen-bond donors (Lipinski definition) is 1. The summed E-state index contributed by atoms with van der Waals surface area (Å²) in [5.74, 6) is 1.24. The largest absolute Gasteiger partial charge is 0.497 e. The number of aliphatic hydroxyl groups is 1. The maximum atomic E-state index is 10.1. The quantitative estimate of drug-likeness (QED) is 0.494. The highest BCUT2D eigenvalue weighted by Crippen LogP contribution is 2.55. The first kappa shape index (κ1) is 17.5. The molecule has 0 spiro atoms. The standard InChI is InChI=1S/C20H28O4/c1-19(12-21)9-4-10-20(13-24-14-22-2)17-7-6-16(23-3)11-15(17)5-8-18(19)20/h4,6-7,9,11,18,21H,5,8,10,12-14H2,1-3H3/t18-,19+,20-/m1/s1. The maximum absolute atomic E-state index is 10.1. The molecule has 4 nitrogen and oxygen atoms in total. The van der Waals surface area contributed by atoms with Crippen molar-refractivity contribution in [3.63, 3.8) is 0 Å². The number of allylic oxidation sites excluding steroid dienone is 1. The Hall–Kier alpha value is -1.36. The van der Waals surface area contributed by atoms with Crippen molar-refractivity contribution in [2.45, 2.75) is 31.6 Å². The molecule has 3 rings (SSSR count). The maximum Gasteiger partial charge on any atom is 0.146 e. The molecule has 2 aliphatic carbocycles. The number of fused-ring (bicyclic) bond motifs is 3. The van der Waals surface area contributed by atoms with Crippen LogP contribution in [0.1, 0.15) is 30.9 Å². The van der Waals surface area contributed by atoms with Gasteiger partial charge in [-0.2, -0.15) is 0 Å². The average molecular weight is 332 g/mol. The Balaban J connectivity index is 2.06. The van der Waals surface area contributed by atoms with Gasteiger partial charge in [-0.3, -0.25) is 0 Å². The summed E-state index contributed by atoms with van der Waals surface area (Å²) in [4.78, 5) is 0. The van der Waals surface area contributed by atoms with Crippen LogP contribution >= 0.6 is 0 Å². The summed E-state index contributed by atoms with van der Waals surface area (Å²) in [7, 11) is 3.35. The van der Waals surface area contributed by atoms with Crippen LogP contribution in [0.15, 0.2) is 30.4 Å². The monoisotopic (exact) mass is 332 g/mol. The number of hydrogen-bond acceptors (Lipinski definition) is 4. The summed E-state index contributed by atoms with van der Waals surface area (Å²) >= 11 is 0. The van der Waals surface area contributed by atoms with Gasteiger partial charge >= 0.3 is 0 Å². The molecule has 0 saturated heterocycles. The van der Waals surface area contributed by atoms with E-state index in [1.165, 1.54) is 11.1 Å². The predicted molar refractivity (Wildman–Crippen MR) is 93.3 cm³/mol. The summed E-state index contributed by atoms with van der Waals surface area (Å²) in [5.41, 5.74) is 2.33. The Kier molecular flexibility index (Phi) is 5.00. The lowest BCUT2D eigenvalue weighted by Crippen LogP contribution is -2.52. The second kappa shape index (κ2) is 6.87. The van der Waals surface area contributed by atoms with Crippen molar-refractivity contribution in [1.82, 2.24) is 0 Å². The minimum atomic E-state index is -0.216. The number of rotatable bonds is 6. The molecule has 132 valence electrons. The molecule has 0 bridgehead atoms. The number of ether oxygens (including phenoxy) is 3. The second-order valence-corrected chi connectivity index (χ2v) is 7.30. The molecule has 0 aliphatic heterocycles. The fourth-order valence-corrected chi connectivity index (χ4v) is 4.73. The van der Waals surface area contributed by atoms with Crippen LogP contribution in [0.3, 0.4) is 0 Å². The van der Waals surface area contributed by atoms with Gasteiger partial charge in [0, 0.05) is 17.9 Å². The molecule has 0 amide bonds. The van der Waals surface area contributed by atoms with E-state index in [0.717, 1.165) is 25.0 Å². The smallest absolute Gasteiger partial charge is 0.146 e. The van der Waals surface area contributed by atoms with E-state index in [9.17, 15) is 5.11 Å². The third kappa shape index (κ3) is 2.77. The van der Waals surface area contributed by atoms with Gasteiger partial charge in [-0.1, -0.05) is 25.1 Å². The number of aryl methyl sites for hydroxylation is 1. The number of aliphatic hydroxyl groups excluding tert-OH is 1. The van der Waals surface area contributed by atoms with E-state index in [4.69, 9.17) is 14.2 Å². The van der Waals surface area contributed by atoms with Crippen molar-refractivity contribution >= 4 is 0 Å². The molecule has 4 heteroatoms. The van der Waals surface area contributed by atoms with Crippen LogP contribution in [0.5, 0.6) is 5.75 Å². The van der Waals surface area contributed by atoms with Crippen molar-refractivity contribution < 1.29 is 19.3 Å². The first-order valence-corrected chi connectivity index (χ1v) is 8.62. The van der Waals surface area contributed by atoms with Crippen LogP contribution in [0.25, 0.3) is 0 Å². The first-order valence-electron chi connectivity index (χ1n) is 8.62. The van der Waals surface area contributed by atoms with Gasteiger partial charge in [0.2, 0.25) is 0 Å². The summed E-state index contributed by atoms with van der Waals surface area (Å²) in [6, 6.07) is 6.37. The van der Waals surface area contributed by atoms with Crippen LogP contribution in [-0.4, -0.2) is 39.3 Å². The fourth-order valence-electron chi connectivity index (χ4n) is 4.73. The SMILES string of the molecule is COCOC[C@@]12CC=C[C@@](C)(CO)[C@H]1CCc1cc(OC)ccc12. The highest BCUT2D eigenvalue weighted by molar-refractivity contribution is 5.45.